The van der Waals surface area contributed by atoms with E-state index in [2.05, 4.69) is 0 Å². The molecule has 0 saturated heterocycles. The molecule has 0 amide bonds. The minimum atomic E-state index is -4.32. The molecule has 0 radical (unpaired) electrons. The van der Waals surface area contributed by atoms with Crippen molar-refractivity contribution >= 4 is 26.6 Å². The third-order valence-electron chi connectivity index (χ3n) is 2.98. The maximum atomic E-state index is 10.9. The fourth-order valence-electron chi connectivity index (χ4n) is 1.91. The maximum Gasteiger partial charge on any atom is 0.294 e. The predicted octanol–water partition coefficient (Wildman–Crippen LogP) is 2.77. The van der Waals surface area contributed by atoms with Gasteiger partial charge in [-0.05, 0) is 35.7 Å². The van der Waals surface area contributed by atoms with E-state index in [1.807, 2.05) is 6.07 Å². The summed E-state index contributed by atoms with van der Waals surface area (Å²) in [4.78, 5) is -0.345. The van der Waals surface area contributed by atoms with E-state index in [1.54, 1.807) is 36.4 Å². The number of phenols is 2. The number of phenolic OH excluding ortho intramolecular Hbond substituents is 2. The lowest BCUT2D eigenvalue weighted by Crippen LogP contribution is -1.97. The molecule has 0 unspecified atom stereocenters. The van der Waals surface area contributed by atoms with Crippen LogP contribution in [0.25, 0.3) is 10.8 Å². The number of nitrogen functional groups attached to an aromatic ring is 1. The van der Waals surface area contributed by atoms with Gasteiger partial charge < -0.3 is 15.9 Å². The van der Waals surface area contributed by atoms with Crippen molar-refractivity contribution in [3.05, 3.63) is 60.7 Å². The Bertz CT molecular complexity index is 924. The van der Waals surface area contributed by atoms with Crippen molar-refractivity contribution in [3.8, 4) is 11.5 Å². The Labute approximate surface area is 133 Å². The van der Waals surface area contributed by atoms with Crippen LogP contribution >= 0.6 is 0 Å². The van der Waals surface area contributed by atoms with Crippen molar-refractivity contribution in [2.45, 2.75) is 4.90 Å². The number of fused-ring (bicyclic) bond motifs is 1. The van der Waals surface area contributed by atoms with E-state index >= 15 is 0 Å². The van der Waals surface area contributed by atoms with Gasteiger partial charge in [0, 0.05) is 17.1 Å². The highest BCUT2D eigenvalue weighted by atomic mass is 32.2. The van der Waals surface area contributed by atoms with E-state index < -0.39 is 10.1 Å². The molecule has 0 bridgehead atoms. The molecular weight excluding hydrogens is 318 g/mol. The standard InChI is InChI=1S/C10H9NO4S.C6H6O/c11-7-2-1-6-3-8(16(13,14)15)5-10(12)9(6)4-7;7-6-4-2-1-3-5-6/h1-5,12H,11H2,(H,13,14,15);1-5,7H. The van der Waals surface area contributed by atoms with Crippen LogP contribution in [0.2, 0.25) is 0 Å². The third-order valence-corrected chi connectivity index (χ3v) is 3.82. The number of hydrogen-bond donors (Lipinski definition) is 4. The van der Waals surface area contributed by atoms with Crippen LogP contribution < -0.4 is 5.73 Å². The molecule has 0 aromatic heterocycles. The lowest BCUT2D eigenvalue weighted by Gasteiger charge is -2.04. The number of hydrogen-bond acceptors (Lipinski definition) is 5. The van der Waals surface area contributed by atoms with Gasteiger partial charge in [0.25, 0.3) is 10.1 Å². The average molecular weight is 333 g/mol. The molecule has 0 aliphatic carbocycles. The Morgan fingerprint density at radius 2 is 1.52 bits per heavy atom. The molecular formula is C16H15NO5S. The average Bonchev–Trinajstić information content (AvgIpc) is 2.48. The second-order valence-corrected chi connectivity index (χ2v) is 6.16. The molecule has 3 aromatic rings. The molecule has 120 valence electrons. The molecule has 0 aliphatic heterocycles. The summed E-state index contributed by atoms with van der Waals surface area (Å²) < 4.78 is 30.7. The molecule has 0 heterocycles. The predicted molar refractivity (Wildman–Crippen MR) is 87.9 cm³/mol. The van der Waals surface area contributed by atoms with Gasteiger partial charge >= 0.3 is 0 Å². The summed E-state index contributed by atoms with van der Waals surface area (Å²) in [6.07, 6.45) is 0. The highest BCUT2D eigenvalue weighted by Gasteiger charge is 2.13. The zero-order valence-corrected chi connectivity index (χ0v) is 12.7. The first kappa shape index (κ1) is 16.6. The van der Waals surface area contributed by atoms with E-state index in [0.717, 1.165) is 6.07 Å². The van der Waals surface area contributed by atoms with Gasteiger partial charge in [0.1, 0.15) is 11.5 Å². The van der Waals surface area contributed by atoms with Crippen LogP contribution in [-0.2, 0) is 10.1 Å². The number of rotatable bonds is 1. The largest absolute Gasteiger partial charge is 0.508 e. The van der Waals surface area contributed by atoms with Crippen molar-refractivity contribution in [1.82, 2.24) is 0 Å². The summed E-state index contributed by atoms with van der Waals surface area (Å²) in [7, 11) is -4.32. The number of aromatic hydroxyl groups is 2. The highest BCUT2D eigenvalue weighted by molar-refractivity contribution is 7.85. The fourth-order valence-corrected chi connectivity index (χ4v) is 2.44. The maximum absolute atomic E-state index is 10.9. The first-order valence-electron chi connectivity index (χ1n) is 6.51. The van der Waals surface area contributed by atoms with Crippen LogP contribution in [0.4, 0.5) is 5.69 Å². The Kier molecular flexibility index (Phi) is 4.73. The number of para-hydroxylation sites is 1. The molecule has 3 rings (SSSR count). The summed E-state index contributed by atoms with van der Waals surface area (Å²) >= 11 is 0. The number of benzene rings is 3. The smallest absolute Gasteiger partial charge is 0.294 e. The summed E-state index contributed by atoms with van der Waals surface area (Å²) in [6, 6.07) is 15.6. The Morgan fingerprint density at radius 1 is 0.870 bits per heavy atom. The molecule has 5 N–H and O–H groups in total. The SMILES string of the molecule is Nc1ccc2cc(S(=O)(=O)O)cc(O)c2c1.Oc1ccccc1. The molecule has 23 heavy (non-hydrogen) atoms. The van der Waals surface area contributed by atoms with Gasteiger partial charge in [-0.3, -0.25) is 4.55 Å². The third kappa shape index (κ3) is 4.35. The molecule has 0 aliphatic rings. The van der Waals surface area contributed by atoms with Gasteiger partial charge in [-0.25, -0.2) is 0 Å². The Hall–Kier alpha value is -2.77. The normalized spacial score (nSPS) is 10.8. The second-order valence-electron chi connectivity index (χ2n) is 4.73. The second kappa shape index (κ2) is 6.55. The minimum Gasteiger partial charge on any atom is -0.508 e. The van der Waals surface area contributed by atoms with Crippen LogP contribution in [0.3, 0.4) is 0 Å². The van der Waals surface area contributed by atoms with E-state index in [9.17, 15) is 13.5 Å². The molecule has 3 aromatic carbocycles. The van der Waals surface area contributed by atoms with Crippen molar-refractivity contribution in [1.29, 1.82) is 0 Å². The van der Waals surface area contributed by atoms with Gasteiger partial charge in [0.2, 0.25) is 0 Å². The Morgan fingerprint density at radius 3 is 2.04 bits per heavy atom. The fraction of sp³-hybridized carbons (Fsp3) is 0. The molecule has 6 nitrogen and oxygen atoms in total. The van der Waals surface area contributed by atoms with E-state index in [-0.39, 0.29) is 10.6 Å². The first-order chi connectivity index (χ1) is 10.8. The van der Waals surface area contributed by atoms with Crippen LogP contribution in [0.5, 0.6) is 11.5 Å². The number of anilines is 1. The first-order valence-corrected chi connectivity index (χ1v) is 7.95. The minimum absolute atomic E-state index is 0.238. The van der Waals surface area contributed by atoms with Crippen molar-refractivity contribution < 1.29 is 23.2 Å². The lowest BCUT2D eigenvalue weighted by atomic mass is 10.1. The van der Waals surface area contributed by atoms with Crippen LogP contribution in [0.15, 0.2) is 65.6 Å². The topological polar surface area (TPSA) is 121 Å². The molecule has 0 fully saturated rings. The van der Waals surface area contributed by atoms with E-state index in [4.69, 9.17) is 15.4 Å². The summed E-state index contributed by atoms with van der Waals surface area (Å²) in [5.41, 5.74) is 6.00. The van der Waals surface area contributed by atoms with Gasteiger partial charge in [0.15, 0.2) is 0 Å². The molecule has 0 atom stereocenters. The quantitative estimate of drug-likeness (QED) is 0.401. The highest BCUT2D eigenvalue weighted by Crippen LogP contribution is 2.29. The molecule has 0 saturated carbocycles. The van der Waals surface area contributed by atoms with Gasteiger partial charge in [-0.1, -0.05) is 24.3 Å². The summed E-state index contributed by atoms with van der Waals surface area (Å²) in [5.74, 6) is 0.0833. The zero-order chi connectivity index (χ0) is 17.0. The summed E-state index contributed by atoms with van der Waals surface area (Å²) in [6.45, 7) is 0. The monoisotopic (exact) mass is 333 g/mol. The molecule has 7 heteroatoms. The van der Waals surface area contributed by atoms with Gasteiger partial charge in [-0.2, -0.15) is 8.42 Å². The van der Waals surface area contributed by atoms with E-state index in [0.29, 0.717) is 22.2 Å². The Balaban J connectivity index is 0.000000229. The summed E-state index contributed by atoms with van der Waals surface area (Å²) in [5, 5.41) is 19.2. The van der Waals surface area contributed by atoms with Crippen molar-refractivity contribution in [2.24, 2.45) is 0 Å². The van der Waals surface area contributed by atoms with E-state index in [1.165, 1.54) is 12.1 Å². The van der Waals surface area contributed by atoms with Gasteiger partial charge in [-0.15, -0.1) is 0 Å². The van der Waals surface area contributed by atoms with Crippen molar-refractivity contribution in [3.63, 3.8) is 0 Å². The van der Waals surface area contributed by atoms with Crippen LogP contribution in [0.1, 0.15) is 0 Å². The van der Waals surface area contributed by atoms with Crippen LogP contribution in [-0.4, -0.2) is 23.2 Å². The van der Waals surface area contributed by atoms with Gasteiger partial charge in [0.05, 0.1) is 4.90 Å². The number of nitrogens with two attached hydrogens (primary N) is 1. The lowest BCUT2D eigenvalue weighted by molar-refractivity contribution is 0.471. The van der Waals surface area contributed by atoms with Crippen LogP contribution in [0, 0.1) is 0 Å². The molecule has 0 spiro atoms. The zero-order valence-electron chi connectivity index (χ0n) is 11.9. The van der Waals surface area contributed by atoms with Crippen molar-refractivity contribution in [2.75, 3.05) is 5.73 Å².